The second kappa shape index (κ2) is 7.47. The second-order valence-electron chi connectivity index (χ2n) is 5.04. The van der Waals surface area contributed by atoms with Crippen molar-refractivity contribution < 1.29 is 0 Å². The molecule has 0 heterocycles. The van der Waals surface area contributed by atoms with Gasteiger partial charge in [0, 0.05) is 11.1 Å². The van der Waals surface area contributed by atoms with Crippen molar-refractivity contribution >= 4 is 11.6 Å². The van der Waals surface area contributed by atoms with Gasteiger partial charge in [-0.15, -0.1) is 0 Å². The van der Waals surface area contributed by atoms with E-state index < -0.39 is 0 Å². The Hall–Kier alpha value is -1.31. The highest BCUT2D eigenvalue weighted by Gasteiger charge is 2.11. The fourth-order valence-corrected chi connectivity index (χ4v) is 2.65. The van der Waals surface area contributed by atoms with E-state index in [0.29, 0.717) is 6.04 Å². The molecule has 0 saturated heterocycles. The number of hydrogen-bond donors (Lipinski definition) is 1. The first-order valence-corrected chi connectivity index (χ1v) is 7.67. The summed E-state index contributed by atoms with van der Waals surface area (Å²) in [6, 6.07) is 17.4. The summed E-state index contributed by atoms with van der Waals surface area (Å²) in [5.74, 6) is 0. The minimum absolute atomic E-state index is 0.337. The Kier molecular flexibility index (Phi) is 5.63. The zero-order valence-corrected chi connectivity index (χ0v) is 13.0. The van der Waals surface area contributed by atoms with Crippen molar-refractivity contribution in [1.29, 1.82) is 0 Å². The summed E-state index contributed by atoms with van der Waals surface area (Å²) >= 11 is 6.07. The number of aryl methyl sites for hydroxylation is 1. The van der Waals surface area contributed by atoms with Gasteiger partial charge in [0.1, 0.15) is 0 Å². The van der Waals surface area contributed by atoms with Crippen LogP contribution in [0.2, 0.25) is 5.02 Å². The van der Waals surface area contributed by atoms with Gasteiger partial charge in [0.25, 0.3) is 0 Å². The van der Waals surface area contributed by atoms with Crippen LogP contribution in [0.25, 0.3) is 0 Å². The standard InChI is InChI=1S/C18H22ClN/c1-3-14-8-10-16(11-9-14)18(20-4-2)13-15-6-5-7-17(19)12-15/h5-12,18,20H,3-4,13H2,1-2H3. The number of hydrogen-bond acceptors (Lipinski definition) is 1. The lowest BCUT2D eigenvalue weighted by Crippen LogP contribution is -2.22. The predicted molar refractivity (Wildman–Crippen MR) is 87.4 cm³/mol. The minimum Gasteiger partial charge on any atom is -0.310 e. The monoisotopic (exact) mass is 287 g/mol. The van der Waals surface area contributed by atoms with Gasteiger partial charge in [0.2, 0.25) is 0 Å². The molecule has 0 aliphatic carbocycles. The van der Waals surface area contributed by atoms with Gasteiger partial charge >= 0.3 is 0 Å². The van der Waals surface area contributed by atoms with Crippen LogP contribution in [0, 0.1) is 0 Å². The summed E-state index contributed by atoms with van der Waals surface area (Å²) in [6.45, 7) is 5.29. The molecule has 1 N–H and O–H groups in total. The van der Waals surface area contributed by atoms with E-state index in [2.05, 4.69) is 49.5 Å². The van der Waals surface area contributed by atoms with Crippen molar-refractivity contribution in [1.82, 2.24) is 5.32 Å². The number of rotatable bonds is 6. The minimum atomic E-state index is 0.337. The molecule has 0 saturated carbocycles. The molecule has 0 aliphatic rings. The summed E-state index contributed by atoms with van der Waals surface area (Å²) in [7, 11) is 0. The van der Waals surface area contributed by atoms with Crippen LogP contribution in [0.3, 0.4) is 0 Å². The predicted octanol–water partition coefficient (Wildman–Crippen LogP) is 4.80. The lowest BCUT2D eigenvalue weighted by molar-refractivity contribution is 0.550. The molecular formula is C18H22ClN. The van der Waals surface area contributed by atoms with Gasteiger partial charge in [-0.3, -0.25) is 0 Å². The summed E-state index contributed by atoms with van der Waals surface area (Å²) < 4.78 is 0. The zero-order valence-electron chi connectivity index (χ0n) is 12.2. The third kappa shape index (κ3) is 4.09. The summed E-state index contributed by atoms with van der Waals surface area (Å²) in [4.78, 5) is 0. The molecule has 0 fully saturated rings. The van der Waals surface area contributed by atoms with Crippen molar-refractivity contribution in [2.45, 2.75) is 32.7 Å². The first kappa shape index (κ1) is 15.1. The van der Waals surface area contributed by atoms with Gasteiger partial charge in [-0.2, -0.15) is 0 Å². The van der Waals surface area contributed by atoms with Crippen molar-refractivity contribution in [3.8, 4) is 0 Å². The maximum atomic E-state index is 6.07. The van der Waals surface area contributed by atoms with Crippen LogP contribution in [-0.4, -0.2) is 6.54 Å². The third-order valence-corrected chi connectivity index (χ3v) is 3.80. The summed E-state index contributed by atoms with van der Waals surface area (Å²) in [5.41, 5.74) is 3.98. The van der Waals surface area contributed by atoms with Gasteiger partial charge in [-0.25, -0.2) is 0 Å². The quantitative estimate of drug-likeness (QED) is 0.805. The Morgan fingerprint density at radius 2 is 1.75 bits per heavy atom. The Morgan fingerprint density at radius 3 is 2.35 bits per heavy atom. The van der Waals surface area contributed by atoms with E-state index in [1.165, 1.54) is 16.7 Å². The third-order valence-electron chi connectivity index (χ3n) is 3.57. The van der Waals surface area contributed by atoms with Gasteiger partial charge < -0.3 is 5.32 Å². The average molecular weight is 288 g/mol. The molecule has 0 spiro atoms. The van der Waals surface area contributed by atoms with Crippen molar-refractivity contribution in [3.63, 3.8) is 0 Å². The lowest BCUT2D eigenvalue weighted by atomic mass is 9.97. The van der Waals surface area contributed by atoms with E-state index in [0.717, 1.165) is 24.4 Å². The molecule has 0 aromatic heterocycles. The number of halogens is 1. The fourth-order valence-electron chi connectivity index (χ4n) is 2.44. The zero-order chi connectivity index (χ0) is 14.4. The van der Waals surface area contributed by atoms with Crippen molar-refractivity contribution in [2.75, 3.05) is 6.54 Å². The van der Waals surface area contributed by atoms with E-state index in [1.807, 2.05) is 18.2 Å². The van der Waals surface area contributed by atoms with E-state index >= 15 is 0 Å². The lowest BCUT2D eigenvalue weighted by Gasteiger charge is -2.19. The number of likely N-dealkylation sites (N-methyl/N-ethyl adjacent to an activating group) is 1. The topological polar surface area (TPSA) is 12.0 Å². The van der Waals surface area contributed by atoms with Gasteiger partial charge in [0.05, 0.1) is 0 Å². The van der Waals surface area contributed by atoms with Crippen LogP contribution in [0.4, 0.5) is 0 Å². The van der Waals surface area contributed by atoms with Crippen LogP contribution in [0.1, 0.15) is 36.6 Å². The molecule has 2 heteroatoms. The normalized spacial score (nSPS) is 12.3. The molecule has 1 nitrogen and oxygen atoms in total. The van der Waals surface area contributed by atoms with Crippen LogP contribution in [0.15, 0.2) is 48.5 Å². The van der Waals surface area contributed by atoms with E-state index in [9.17, 15) is 0 Å². The smallest absolute Gasteiger partial charge is 0.0408 e. The van der Waals surface area contributed by atoms with Crippen LogP contribution in [-0.2, 0) is 12.8 Å². The van der Waals surface area contributed by atoms with E-state index in [1.54, 1.807) is 0 Å². The molecule has 2 rings (SSSR count). The van der Waals surface area contributed by atoms with Gasteiger partial charge in [-0.05, 0) is 48.2 Å². The molecular weight excluding hydrogens is 266 g/mol. The first-order valence-electron chi connectivity index (χ1n) is 7.29. The molecule has 0 bridgehead atoms. The Morgan fingerprint density at radius 1 is 1.00 bits per heavy atom. The number of nitrogens with one attached hydrogen (secondary N) is 1. The molecule has 106 valence electrons. The highest BCUT2D eigenvalue weighted by Crippen LogP contribution is 2.21. The maximum Gasteiger partial charge on any atom is 0.0408 e. The highest BCUT2D eigenvalue weighted by molar-refractivity contribution is 6.30. The molecule has 20 heavy (non-hydrogen) atoms. The molecule has 0 radical (unpaired) electrons. The Labute approximate surface area is 127 Å². The number of benzene rings is 2. The summed E-state index contributed by atoms with van der Waals surface area (Å²) in [5, 5.41) is 4.37. The maximum absolute atomic E-state index is 6.07. The molecule has 1 atom stereocenters. The average Bonchev–Trinajstić information content (AvgIpc) is 2.47. The Balaban J connectivity index is 2.17. The van der Waals surface area contributed by atoms with Crippen LogP contribution in [0.5, 0.6) is 0 Å². The largest absolute Gasteiger partial charge is 0.310 e. The molecule has 2 aromatic carbocycles. The second-order valence-corrected chi connectivity index (χ2v) is 5.48. The molecule has 1 unspecified atom stereocenters. The molecule has 2 aromatic rings. The fraction of sp³-hybridized carbons (Fsp3) is 0.333. The van der Waals surface area contributed by atoms with Crippen LogP contribution >= 0.6 is 11.6 Å². The van der Waals surface area contributed by atoms with E-state index in [4.69, 9.17) is 11.6 Å². The van der Waals surface area contributed by atoms with Crippen molar-refractivity contribution in [2.24, 2.45) is 0 Å². The van der Waals surface area contributed by atoms with Crippen molar-refractivity contribution in [3.05, 3.63) is 70.2 Å². The SMILES string of the molecule is CCNC(Cc1cccc(Cl)c1)c1ccc(CC)cc1. The van der Waals surface area contributed by atoms with E-state index in [-0.39, 0.29) is 0 Å². The molecule has 0 aliphatic heterocycles. The van der Waals surface area contributed by atoms with Crippen LogP contribution < -0.4 is 5.32 Å². The highest BCUT2D eigenvalue weighted by atomic mass is 35.5. The summed E-state index contributed by atoms with van der Waals surface area (Å²) in [6.07, 6.45) is 2.04. The molecule has 0 amide bonds. The Bertz CT molecular complexity index is 533. The van der Waals surface area contributed by atoms with Gasteiger partial charge in [0.15, 0.2) is 0 Å². The van der Waals surface area contributed by atoms with Gasteiger partial charge in [-0.1, -0.05) is 61.8 Å². The first-order chi connectivity index (χ1) is 9.72.